The maximum absolute atomic E-state index is 4.39. The first-order valence-electron chi connectivity index (χ1n) is 7.63. The highest BCUT2D eigenvalue weighted by Crippen LogP contribution is 2.16. The summed E-state index contributed by atoms with van der Waals surface area (Å²) in [7, 11) is 0. The van der Waals surface area contributed by atoms with Crippen molar-refractivity contribution in [2.45, 2.75) is 39.5 Å². The molecule has 1 saturated heterocycles. The number of hydrogen-bond acceptors (Lipinski definition) is 2. The van der Waals surface area contributed by atoms with Gasteiger partial charge in [-0.15, -0.1) is 0 Å². The summed E-state index contributed by atoms with van der Waals surface area (Å²) < 4.78 is 0. The third-order valence-electron chi connectivity index (χ3n) is 3.69. The summed E-state index contributed by atoms with van der Waals surface area (Å²) in [5, 5.41) is 0. The summed E-state index contributed by atoms with van der Waals surface area (Å²) in [4.78, 5) is 6.96. The van der Waals surface area contributed by atoms with Crippen molar-refractivity contribution in [2.24, 2.45) is 0 Å². The van der Waals surface area contributed by atoms with Gasteiger partial charge in [0.05, 0.1) is 0 Å². The predicted molar refractivity (Wildman–Crippen MR) is 84.5 cm³/mol. The fourth-order valence-electron chi connectivity index (χ4n) is 2.41. The lowest BCUT2D eigenvalue weighted by molar-refractivity contribution is 0.253. The van der Waals surface area contributed by atoms with E-state index in [-0.39, 0.29) is 0 Å². The Balaban J connectivity index is 1.85. The number of aromatic nitrogens is 1. The van der Waals surface area contributed by atoms with Gasteiger partial charge in [0.25, 0.3) is 0 Å². The van der Waals surface area contributed by atoms with E-state index in [1.807, 2.05) is 25.1 Å². The summed E-state index contributed by atoms with van der Waals surface area (Å²) in [5.74, 6) is 6.29. The van der Waals surface area contributed by atoms with Crippen molar-refractivity contribution < 1.29 is 0 Å². The second-order valence-electron chi connectivity index (χ2n) is 5.43. The molecule has 1 aromatic heterocycles. The zero-order chi connectivity index (χ0) is 14.2. The lowest BCUT2D eigenvalue weighted by Crippen LogP contribution is -2.31. The minimum atomic E-state index is 0.863. The van der Waals surface area contributed by atoms with Crippen LogP contribution in [-0.2, 0) is 0 Å². The Labute approximate surface area is 122 Å². The van der Waals surface area contributed by atoms with Crippen molar-refractivity contribution in [3.8, 4) is 11.8 Å². The Bertz CT molecular complexity index is 510. The molecule has 0 bridgehead atoms. The van der Waals surface area contributed by atoms with E-state index in [9.17, 15) is 0 Å². The van der Waals surface area contributed by atoms with Crippen LogP contribution in [0.3, 0.4) is 0 Å². The molecule has 1 aromatic rings. The van der Waals surface area contributed by atoms with Crippen LogP contribution in [0.1, 0.15) is 44.0 Å². The van der Waals surface area contributed by atoms with E-state index < -0.39 is 0 Å². The Kier molecular flexibility index (Phi) is 5.83. The third-order valence-corrected chi connectivity index (χ3v) is 3.69. The molecule has 0 saturated carbocycles. The van der Waals surface area contributed by atoms with Crippen LogP contribution in [0.25, 0.3) is 0 Å². The van der Waals surface area contributed by atoms with Crippen LogP contribution in [0.2, 0.25) is 0 Å². The van der Waals surface area contributed by atoms with E-state index in [1.165, 1.54) is 50.9 Å². The average molecular weight is 268 g/mol. The third kappa shape index (κ3) is 4.83. The molecule has 0 aliphatic carbocycles. The molecule has 2 heteroatoms. The van der Waals surface area contributed by atoms with Crippen LogP contribution >= 0.6 is 0 Å². The maximum Gasteiger partial charge on any atom is 0.113 e. The summed E-state index contributed by atoms with van der Waals surface area (Å²) in [5.41, 5.74) is 3.37. The highest BCUT2D eigenvalue weighted by atomic mass is 15.1. The molecule has 1 aliphatic heterocycles. The fourth-order valence-corrected chi connectivity index (χ4v) is 2.41. The second kappa shape index (κ2) is 7.87. The average Bonchev–Trinajstić information content (AvgIpc) is 2.46. The van der Waals surface area contributed by atoms with Gasteiger partial charge in [-0.3, -0.25) is 0 Å². The van der Waals surface area contributed by atoms with E-state index in [4.69, 9.17) is 0 Å². The highest BCUT2D eigenvalue weighted by molar-refractivity contribution is 5.33. The zero-order valence-electron chi connectivity index (χ0n) is 12.7. The number of piperidine rings is 1. The Hall–Kier alpha value is -1.59. The van der Waals surface area contributed by atoms with Crippen molar-refractivity contribution in [1.82, 2.24) is 9.88 Å². The molecule has 2 rings (SSSR count). The van der Waals surface area contributed by atoms with E-state index in [0.29, 0.717) is 0 Å². The molecule has 0 aromatic carbocycles. The van der Waals surface area contributed by atoms with E-state index in [1.54, 1.807) is 0 Å². The molecule has 1 fully saturated rings. The van der Waals surface area contributed by atoms with Gasteiger partial charge in [0.2, 0.25) is 0 Å². The molecular formula is C18H24N2. The molecule has 106 valence electrons. The van der Waals surface area contributed by atoms with Crippen LogP contribution in [0, 0.1) is 18.8 Å². The quantitative estimate of drug-likeness (QED) is 0.779. The van der Waals surface area contributed by atoms with Crippen molar-refractivity contribution in [3.05, 3.63) is 41.2 Å². The number of unbranched alkanes of at least 4 members (excludes halogenated alkanes) is 1. The van der Waals surface area contributed by atoms with Crippen LogP contribution < -0.4 is 0 Å². The first-order valence-corrected chi connectivity index (χ1v) is 7.63. The summed E-state index contributed by atoms with van der Waals surface area (Å²) in [6.45, 7) is 7.88. The molecule has 0 unspecified atom stereocenters. The number of pyridine rings is 1. The van der Waals surface area contributed by atoms with Gasteiger partial charge in [0.15, 0.2) is 0 Å². The minimum absolute atomic E-state index is 0.863. The van der Waals surface area contributed by atoms with Gasteiger partial charge in [-0.05, 0) is 56.9 Å². The van der Waals surface area contributed by atoms with E-state index in [0.717, 1.165) is 11.4 Å². The van der Waals surface area contributed by atoms with Gasteiger partial charge in [0, 0.05) is 18.8 Å². The van der Waals surface area contributed by atoms with Gasteiger partial charge in [-0.2, -0.15) is 0 Å². The van der Waals surface area contributed by atoms with Gasteiger partial charge in [-0.25, -0.2) is 4.98 Å². The molecule has 0 amide bonds. The van der Waals surface area contributed by atoms with Gasteiger partial charge >= 0.3 is 0 Å². The zero-order valence-corrected chi connectivity index (χ0v) is 12.7. The maximum atomic E-state index is 4.39. The van der Waals surface area contributed by atoms with Gasteiger partial charge in [0.1, 0.15) is 5.69 Å². The summed E-state index contributed by atoms with van der Waals surface area (Å²) >= 11 is 0. The molecule has 0 atom stereocenters. The topological polar surface area (TPSA) is 16.1 Å². The Morgan fingerprint density at radius 3 is 2.80 bits per heavy atom. The molecular weight excluding hydrogens is 244 g/mol. The smallest absolute Gasteiger partial charge is 0.113 e. The fraction of sp³-hybridized carbons (Fsp3) is 0.500. The Morgan fingerprint density at radius 2 is 2.10 bits per heavy atom. The standard InChI is InChI=1S/C18H24N2/c1-3-4-13-20-14-11-17(12-15-20)8-6-10-18-9-5-7-16(2)19-18/h5,7-9H,3-4,11-15H2,1-2H3. The van der Waals surface area contributed by atoms with Gasteiger partial charge < -0.3 is 4.90 Å². The number of allylic oxidation sites excluding steroid dienone is 1. The first kappa shape index (κ1) is 14.8. The Morgan fingerprint density at radius 1 is 1.30 bits per heavy atom. The van der Waals surface area contributed by atoms with E-state index in [2.05, 4.69) is 34.7 Å². The molecule has 0 N–H and O–H groups in total. The van der Waals surface area contributed by atoms with Crippen LogP contribution in [-0.4, -0.2) is 29.5 Å². The monoisotopic (exact) mass is 268 g/mol. The number of rotatable bonds is 3. The highest BCUT2D eigenvalue weighted by Gasteiger charge is 2.12. The summed E-state index contributed by atoms with van der Waals surface area (Å²) in [6, 6.07) is 5.97. The lowest BCUT2D eigenvalue weighted by Gasteiger charge is -2.27. The van der Waals surface area contributed by atoms with Crippen molar-refractivity contribution in [1.29, 1.82) is 0 Å². The normalized spacial score (nSPS) is 15.6. The van der Waals surface area contributed by atoms with Crippen LogP contribution in [0.15, 0.2) is 29.8 Å². The molecule has 20 heavy (non-hydrogen) atoms. The molecule has 2 heterocycles. The second-order valence-corrected chi connectivity index (χ2v) is 5.43. The van der Waals surface area contributed by atoms with Crippen LogP contribution in [0.5, 0.6) is 0 Å². The minimum Gasteiger partial charge on any atom is -0.303 e. The number of nitrogens with zero attached hydrogens (tertiary/aromatic N) is 2. The SMILES string of the molecule is CCCCN1CCC(=CC#Cc2cccc(C)n2)CC1. The first-order chi connectivity index (χ1) is 9.78. The number of hydrogen-bond donors (Lipinski definition) is 0. The number of aryl methyl sites for hydroxylation is 1. The molecule has 0 radical (unpaired) electrons. The van der Waals surface area contributed by atoms with Gasteiger partial charge in [-0.1, -0.05) is 30.9 Å². The van der Waals surface area contributed by atoms with Crippen LogP contribution in [0.4, 0.5) is 0 Å². The predicted octanol–water partition coefficient (Wildman–Crippen LogP) is 3.56. The van der Waals surface area contributed by atoms with Crippen molar-refractivity contribution in [3.63, 3.8) is 0 Å². The number of likely N-dealkylation sites (tertiary alicyclic amines) is 1. The molecule has 0 spiro atoms. The molecule has 2 nitrogen and oxygen atoms in total. The van der Waals surface area contributed by atoms with Crippen molar-refractivity contribution in [2.75, 3.05) is 19.6 Å². The lowest BCUT2D eigenvalue weighted by atomic mass is 10.0. The molecule has 1 aliphatic rings. The summed E-state index contributed by atoms with van der Waals surface area (Å²) in [6.07, 6.45) is 7.03. The largest absolute Gasteiger partial charge is 0.303 e. The van der Waals surface area contributed by atoms with E-state index >= 15 is 0 Å². The van der Waals surface area contributed by atoms with Crippen molar-refractivity contribution >= 4 is 0 Å².